The average molecular weight is 678 g/mol. The van der Waals surface area contributed by atoms with Gasteiger partial charge in [0.2, 0.25) is 13.2 Å². The zero-order valence-electron chi connectivity index (χ0n) is 21.7. The summed E-state index contributed by atoms with van der Waals surface area (Å²) >= 11 is 7.99. The number of thiol groups is 2. The van der Waals surface area contributed by atoms with Crippen molar-refractivity contribution in [2.45, 2.75) is 49.7 Å². The van der Waals surface area contributed by atoms with Crippen LogP contribution in [0.2, 0.25) is 0 Å². The van der Waals surface area contributed by atoms with Crippen LogP contribution in [0.25, 0.3) is 22.3 Å². The van der Waals surface area contributed by atoms with Crippen molar-refractivity contribution in [2.24, 2.45) is 0 Å². The van der Waals surface area contributed by atoms with E-state index in [1.807, 2.05) is 0 Å². The van der Waals surface area contributed by atoms with E-state index in [2.05, 4.69) is 54.4 Å². The van der Waals surface area contributed by atoms with E-state index >= 15 is 0 Å². The highest BCUT2D eigenvalue weighted by Gasteiger charge is 2.44. The summed E-state index contributed by atoms with van der Waals surface area (Å²) in [6, 6.07) is 0. The number of aliphatic hydroxyl groups is 1. The van der Waals surface area contributed by atoms with Gasteiger partial charge in [0.05, 0.1) is 44.4 Å². The van der Waals surface area contributed by atoms with Gasteiger partial charge in [-0.3, -0.25) is 37.3 Å². The van der Waals surface area contributed by atoms with Gasteiger partial charge in [0.15, 0.2) is 28.6 Å². The van der Waals surface area contributed by atoms with Crippen molar-refractivity contribution in [1.82, 2.24) is 39.0 Å². The monoisotopic (exact) mass is 677 g/mol. The second-order valence-electron chi connectivity index (χ2n) is 9.59. The molecular weight excluding hydrogens is 652 g/mol. The van der Waals surface area contributed by atoms with Gasteiger partial charge >= 0.3 is 6.80 Å². The number of nitrogens with one attached hydrogen (secondary N) is 2. The molecule has 0 aromatic carbocycles. The maximum Gasteiger partial charge on any atom is 0.386 e. The number of rotatable bonds is 10. The van der Waals surface area contributed by atoms with Gasteiger partial charge in [-0.15, -0.1) is 0 Å². The number of ether oxygens (including phenoxy) is 2. The van der Waals surface area contributed by atoms with Crippen molar-refractivity contribution < 1.29 is 37.3 Å². The van der Waals surface area contributed by atoms with Crippen molar-refractivity contribution in [3.63, 3.8) is 0 Å². The summed E-state index contributed by atoms with van der Waals surface area (Å²) in [5.74, 6) is -0.154. The minimum absolute atomic E-state index is 0.0118. The number of imidazole rings is 2. The lowest BCUT2D eigenvalue weighted by Crippen LogP contribution is -2.27. The SMILES string of the molecule is Nc1nc2c(ncn2[C@@H]2O[C@H](CO)C[C@H]2OP(=O)(S)OC[C@H]2O[C@@H](n3cnc4c(=O)[nH]cnc43)C[C@@H]2O[PH](=O)S)c(=O)[nH]1. The molecule has 0 aliphatic carbocycles. The summed E-state index contributed by atoms with van der Waals surface area (Å²) < 4.78 is 56.9. The zero-order chi connectivity index (χ0) is 30.5. The van der Waals surface area contributed by atoms with E-state index in [0.717, 1.165) is 0 Å². The zero-order valence-corrected chi connectivity index (χ0v) is 25.4. The molecule has 0 radical (unpaired) electrons. The largest absolute Gasteiger partial charge is 0.394 e. The highest BCUT2D eigenvalue weighted by atomic mass is 32.7. The fourth-order valence-corrected chi connectivity index (χ4v) is 7.43. The first-order valence-corrected chi connectivity index (χ1v) is 17.9. The molecule has 0 spiro atoms. The van der Waals surface area contributed by atoms with Crippen molar-refractivity contribution in [3.8, 4) is 0 Å². The van der Waals surface area contributed by atoms with Gasteiger partial charge in [0.1, 0.15) is 18.4 Å². The maximum absolute atomic E-state index is 13.4. The number of fused-ring (bicyclic) bond motifs is 2. The van der Waals surface area contributed by atoms with Crippen LogP contribution < -0.4 is 16.9 Å². The van der Waals surface area contributed by atoms with Gasteiger partial charge < -0.3 is 29.8 Å². The molecule has 43 heavy (non-hydrogen) atoms. The molecule has 2 fully saturated rings. The van der Waals surface area contributed by atoms with Crippen LogP contribution in [0.15, 0.2) is 28.6 Å². The third-order valence-electron chi connectivity index (χ3n) is 6.85. The minimum Gasteiger partial charge on any atom is -0.394 e. The molecule has 6 rings (SSSR count). The van der Waals surface area contributed by atoms with Crippen LogP contribution in [0, 0.1) is 0 Å². The van der Waals surface area contributed by atoms with E-state index in [9.17, 15) is 23.8 Å². The topological polar surface area (TPSA) is 254 Å². The Hall–Kier alpha value is -2.58. The first-order valence-electron chi connectivity index (χ1n) is 12.6. The van der Waals surface area contributed by atoms with Crippen LogP contribution in [0.3, 0.4) is 0 Å². The summed E-state index contributed by atoms with van der Waals surface area (Å²) in [7, 11) is -2.72. The predicted molar refractivity (Wildman–Crippen MR) is 155 cm³/mol. The predicted octanol–water partition coefficient (Wildman–Crippen LogP) is 0.547. The summed E-state index contributed by atoms with van der Waals surface area (Å²) in [4.78, 5) is 45.5. The Bertz CT molecular complexity index is 1850. The third kappa shape index (κ3) is 6.19. The lowest BCUT2D eigenvalue weighted by molar-refractivity contribution is -0.0503. The normalized spacial score (nSPS) is 28.1. The smallest absolute Gasteiger partial charge is 0.386 e. The fourth-order valence-electron chi connectivity index (χ4n) is 5.02. The first kappa shape index (κ1) is 30.4. The van der Waals surface area contributed by atoms with Crippen LogP contribution in [0.4, 0.5) is 5.95 Å². The molecule has 5 N–H and O–H groups in total. The minimum atomic E-state index is -4.15. The van der Waals surface area contributed by atoms with Crippen molar-refractivity contribution in [3.05, 3.63) is 39.7 Å². The molecule has 2 saturated heterocycles. The van der Waals surface area contributed by atoms with E-state index < -0.39 is 62.0 Å². The lowest BCUT2D eigenvalue weighted by Gasteiger charge is -2.24. The number of anilines is 1. The van der Waals surface area contributed by atoms with Crippen LogP contribution in [-0.4, -0.2) is 81.8 Å². The molecule has 4 aromatic rings. The van der Waals surface area contributed by atoms with Gasteiger partial charge in [-0.05, 0) is 0 Å². The number of hydrogen-bond acceptors (Lipinski definition) is 15. The number of nitrogen functional groups attached to an aromatic ring is 1. The highest BCUT2D eigenvalue weighted by molar-refractivity contribution is 8.44. The lowest BCUT2D eigenvalue weighted by atomic mass is 10.2. The first-order chi connectivity index (χ1) is 20.5. The van der Waals surface area contributed by atoms with E-state index in [-0.39, 0.29) is 54.3 Å². The molecule has 6 heterocycles. The third-order valence-corrected chi connectivity index (χ3v) is 9.31. The van der Waals surface area contributed by atoms with Crippen LogP contribution in [-0.2, 0) is 32.2 Å². The molecule has 0 amide bonds. The maximum atomic E-state index is 13.4. The molecular formula is C20H25N9O10P2S2. The number of aliphatic hydroxyl groups excluding tert-OH is 1. The van der Waals surface area contributed by atoms with Crippen molar-refractivity contribution in [1.29, 1.82) is 0 Å². The number of aromatic nitrogens is 8. The average Bonchev–Trinajstić information content (AvgIpc) is 3.72. The van der Waals surface area contributed by atoms with Crippen LogP contribution in [0.5, 0.6) is 0 Å². The quantitative estimate of drug-likeness (QED) is 0.0990. The van der Waals surface area contributed by atoms with E-state index in [1.165, 1.54) is 28.1 Å². The Labute approximate surface area is 251 Å². The molecule has 23 heteroatoms. The highest BCUT2D eigenvalue weighted by Crippen LogP contribution is 2.57. The van der Waals surface area contributed by atoms with Gasteiger partial charge in [-0.1, -0.05) is 24.5 Å². The second-order valence-corrected chi connectivity index (χ2v) is 14.3. The fraction of sp³-hybridized carbons (Fsp3) is 0.500. The molecule has 4 aromatic heterocycles. The Morgan fingerprint density at radius 3 is 2.60 bits per heavy atom. The van der Waals surface area contributed by atoms with Crippen LogP contribution >= 0.6 is 38.5 Å². The Morgan fingerprint density at radius 1 is 1.12 bits per heavy atom. The summed E-state index contributed by atoms with van der Waals surface area (Å²) in [6.45, 7) is -4.89. The Kier molecular flexibility index (Phi) is 8.55. The van der Waals surface area contributed by atoms with Crippen molar-refractivity contribution in [2.75, 3.05) is 18.9 Å². The standard InChI is InChI=1S/C20H25N9O10P2S2/c21-20-26-16-14(18(32)27-20)25-7-29(16)19-10(1-8(3-30)36-19)39-41(34,43)35-4-11-9(38-40(33)42)2-12(37-11)28-6-24-13-15(28)22-5-23-17(13)31/h5-12,19,30,40H,1-4H2,(H,33,42)(H,34,43)(H,22,23,31)(H3,21,26,27,32)/t8-,9-,10+,11+,12+,19+,41?/m0/s1. The number of nitrogens with zero attached hydrogens (tertiary/aromatic N) is 6. The summed E-state index contributed by atoms with van der Waals surface area (Å²) in [5.41, 5.74) is 5.12. The van der Waals surface area contributed by atoms with E-state index in [4.69, 9.17) is 28.8 Å². The van der Waals surface area contributed by atoms with Gasteiger partial charge in [-0.25, -0.2) is 19.5 Å². The van der Waals surface area contributed by atoms with E-state index in [0.29, 0.717) is 0 Å². The van der Waals surface area contributed by atoms with E-state index in [1.54, 1.807) is 0 Å². The van der Waals surface area contributed by atoms with Gasteiger partial charge in [-0.2, -0.15) is 4.98 Å². The Morgan fingerprint density at radius 2 is 1.86 bits per heavy atom. The van der Waals surface area contributed by atoms with Gasteiger partial charge in [0.25, 0.3) is 11.1 Å². The molecule has 0 bridgehead atoms. The molecule has 2 aliphatic heterocycles. The van der Waals surface area contributed by atoms with Gasteiger partial charge in [0, 0.05) is 12.8 Å². The number of H-pyrrole nitrogens is 2. The van der Waals surface area contributed by atoms with Crippen LogP contribution in [0.1, 0.15) is 25.3 Å². The summed E-state index contributed by atoms with van der Waals surface area (Å²) in [5, 5.41) is 9.73. The summed E-state index contributed by atoms with van der Waals surface area (Å²) in [6.07, 6.45) is -1.06. The molecule has 2 aliphatic rings. The number of hydrogen-bond donors (Lipinski definition) is 6. The second kappa shape index (κ2) is 12.1. The Balaban J connectivity index is 1.18. The molecule has 232 valence electrons. The number of nitrogens with two attached hydrogens (primary N) is 1. The molecule has 19 nitrogen and oxygen atoms in total. The van der Waals surface area contributed by atoms with Crippen molar-refractivity contribution >= 4 is 66.8 Å². The molecule has 2 unspecified atom stereocenters. The molecule has 0 saturated carbocycles. The number of aromatic amines is 2. The molecule has 8 atom stereocenters.